The molecule has 0 radical (unpaired) electrons. The third-order valence-corrected chi connectivity index (χ3v) is 2.60. The normalized spacial score (nSPS) is 16.5. The molecule has 0 bridgehead atoms. The van der Waals surface area contributed by atoms with Gasteiger partial charge in [0, 0.05) is 5.56 Å². The van der Waals surface area contributed by atoms with Gasteiger partial charge in [-0.3, -0.25) is 0 Å². The van der Waals surface area contributed by atoms with Crippen molar-refractivity contribution in [1.82, 2.24) is 0 Å². The topological polar surface area (TPSA) is 41.8 Å². The number of hydrogen-bond donors (Lipinski definition) is 1. The van der Waals surface area contributed by atoms with Gasteiger partial charge in [-0.2, -0.15) is 0 Å². The van der Waals surface area contributed by atoms with Crippen LogP contribution in [0, 0.1) is 5.92 Å². The van der Waals surface area contributed by atoms with Crippen molar-refractivity contribution in [3.63, 3.8) is 0 Å². The van der Waals surface area contributed by atoms with Gasteiger partial charge in [0.15, 0.2) is 0 Å². The molecule has 15 heavy (non-hydrogen) atoms. The van der Waals surface area contributed by atoms with E-state index in [1.165, 1.54) is 12.8 Å². The van der Waals surface area contributed by atoms with Crippen molar-refractivity contribution >= 4 is 5.71 Å². The lowest BCUT2D eigenvalue weighted by atomic mass is 10.1. The van der Waals surface area contributed by atoms with Crippen LogP contribution < -0.4 is 4.74 Å². The molecule has 1 aliphatic rings. The van der Waals surface area contributed by atoms with Gasteiger partial charge >= 0.3 is 0 Å². The molecule has 1 aromatic carbocycles. The zero-order valence-electron chi connectivity index (χ0n) is 8.81. The highest BCUT2D eigenvalue weighted by Crippen LogP contribution is 2.30. The van der Waals surface area contributed by atoms with Gasteiger partial charge in [-0.1, -0.05) is 17.3 Å². The van der Waals surface area contributed by atoms with Gasteiger partial charge in [-0.15, -0.1) is 0 Å². The summed E-state index contributed by atoms with van der Waals surface area (Å²) in [6, 6.07) is 7.65. The maximum Gasteiger partial charge on any atom is 0.128 e. The lowest BCUT2D eigenvalue weighted by Gasteiger charge is -2.09. The Kier molecular flexibility index (Phi) is 2.90. The third kappa shape index (κ3) is 2.49. The highest BCUT2D eigenvalue weighted by atomic mass is 16.5. The van der Waals surface area contributed by atoms with Crippen molar-refractivity contribution in [2.45, 2.75) is 19.8 Å². The summed E-state index contributed by atoms with van der Waals surface area (Å²) in [4.78, 5) is 0. The summed E-state index contributed by atoms with van der Waals surface area (Å²) in [5, 5.41) is 11.9. The molecule has 0 atom stereocenters. The molecular weight excluding hydrogens is 190 g/mol. The van der Waals surface area contributed by atoms with E-state index >= 15 is 0 Å². The van der Waals surface area contributed by atoms with Crippen LogP contribution in [0.5, 0.6) is 5.75 Å². The largest absolute Gasteiger partial charge is 0.493 e. The molecule has 3 heteroatoms. The molecule has 0 amide bonds. The smallest absolute Gasteiger partial charge is 0.128 e. The first kappa shape index (κ1) is 10.0. The van der Waals surface area contributed by atoms with Crippen molar-refractivity contribution in [2.75, 3.05) is 6.61 Å². The molecule has 1 N–H and O–H groups in total. The molecule has 0 heterocycles. The Hall–Kier alpha value is -1.51. The number of nitrogens with zero attached hydrogens (tertiary/aromatic N) is 1. The van der Waals surface area contributed by atoms with E-state index in [1.807, 2.05) is 24.3 Å². The van der Waals surface area contributed by atoms with Gasteiger partial charge < -0.3 is 9.94 Å². The van der Waals surface area contributed by atoms with E-state index in [1.54, 1.807) is 6.92 Å². The van der Waals surface area contributed by atoms with Crippen LogP contribution in [-0.2, 0) is 0 Å². The van der Waals surface area contributed by atoms with Gasteiger partial charge in [0.25, 0.3) is 0 Å². The quantitative estimate of drug-likeness (QED) is 0.466. The van der Waals surface area contributed by atoms with Crippen molar-refractivity contribution < 1.29 is 9.94 Å². The number of ether oxygens (including phenoxy) is 1. The molecule has 0 unspecified atom stereocenters. The average Bonchev–Trinajstić information content (AvgIpc) is 3.09. The van der Waals surface area contributed by atoms with Crippen LogP contribution in [0.15, 0.2) is 29.4 Å². The molecule has 0 aromatic heterocycles. The summed E-state index contributed by atoms with van der Waals surface area (Å²) < 4.78 is 5.69. The Morgan fingerprint density at radius 2 is 2.20 bits per heavy atom. The maximum atomic E-state index is 8.73. The summed E-state index contributed by atoms with van der Waals surface area (Å²) >= 11 is 0. The van der Waals surface area contributed by atoms with Gasteiger partial charge in [0.2, 0.25) is 0 Å². The molecule has 0 saturated heterocycles. The fraction of sp³-hybridized carbons (Fsp3) is 0.417. The standard InChI is InChI=1S/C12H15NO2/c1-9(13-14)11-4-2-3-5-12(11)15-8-10-6-7-10/h2-5,10,14H,6-8H2,1H3/b13-9+. The van der Waals surface area contributed by atoms with E-state index in [0.717, 1.165) is 23.8 Å². The monoisotopic (exact) mass is 205 g/mol. The van der Waals surface area contributed by atoms with E-state index < -0.39 is 0 Å². The number of hydrogen-bond acceptors (Lipinski definition) is 3. The van der Waals surface area contributed by atoms with E-state index in [4.69, 9.17) is 9.94 Å². The molecule has 1 fully saturated rings. The molecule has 3 nitrogen and oxygen atoms in total. The molecular formula is C12H15NO2. The maximum absolute atomic E-state index is 8.73. The minimum Gasteiger partial charge on any atom is -0.493 e. The first-order chi connectivity index (χ1) is 7.31. The van der Waals surface area contributed by atoms with Crippen molar-refractivity contribution in [1.29, 1.82) is 0 Å². The SMILES string of the molecule is C/C(=N\O)c1ccccc1OCC1CC1. The minimum atomic E-state index is 0.585. The zero-order chi connectivity index (χ0) is 10.7. The Balaban J connectivity index is 2.12. The number of para-hydroxylation sites is 1. The summed E-state index contributed by atoms with van der Waals surface area (Å²) in [6.45, 7) is 2.54. The van der Waals surface area contributed by atoms with E-state index in [-0.39, 0.29) is 0 Å². The Morgan fingerprint density at radius 1 is 1.47 bits per heavy atom. The van der Waals surface area contributed by atoms with Gasteiger partial charge in [0.05, 0.1) is 12.3 Å². The molecule has 1 saturated carbocycles. The minimum absolute atomic E-state index is 0.585. The predicted molar refractivity (Wildman–Crippen MR) is 58.7 cm³/mol. The summed E-state index contributed by atoms with van der Waals surface area (Å²) in [6.07, 6.45) is 2.55. The first-order valence-corrected chi connectivity index (χ1v) is 5.22. The Labute approximate surface area is 89.4 Å². The highest BCUT2D eigenvalue weighted by molar-refractivity contribution is 6.00. The zero-order valence-corrected chi connectivity index (χ0v) is 8.81. The van der Waals surface area contributed by atoms with Crippen molar-refractivity contribution in [3.05, 3.63) is 29.8 Å². The van der Waals surface area contributed by atoms with Crippen LogP contribution in [0.3, 0.4) is 0 Å². The van der Waals surface area contributed by atoms with Crippen LogP contribution >= 0.6 is 0 Å². The number of benzene rings is 1. The summed E-state index contributed by atoms with van der Waals surface area (Å²) in [5.74, 6) is 1.53. The molecule has 0 spiro atoms. The molecule has 0 aliphatic heterocycles. The van der Waals surface area contributed by atoms with Crippen molar-refractivity contribution in [2.24, 2.45) is 11.1 Å². The highest BCUT2D eigenvalue weighted by Gasteiger charge is 2.22. The van der Waals surface area contributed by atoms with Crippen LogP contribution in [0.1, 0.15) is 25.3 Å². The third-order valence-electron chi connectivity index (χ3n) is 2.60. The van der Waals surface area contributed by atoms with Crippen LogP contribution in [0.2, 0.25) is 0 Å². The van der Waals surface area contributed by atoms with Crippen LogP contribution in [0.25, 0.3) is 0 Å². The summed E-state index contributed by atoms with van der Waals surface area (Å²) in [5.41, 5.74) is 1.45. The fourth-order valence-corrected chi connectivity index (χ4v) is 1.44. The van der Waals surface area contributed by atoms with E-state index in [2.05, 4.69) is 5.16 Å². The summed E-state index contributed by atoms with van der Waals surface area (Å²) in [7, 11) is 0. The van der Waals surface area contributed by atoms with Crippen LogP contribution in [0.4, 0.5) is 0 Å². The fourth-order valence-electron chi connectivity index (χ4n) is 1.44. The van der Waals surface area contributed by atoms with Crippen LogP contribution in [-0.4, -0.2) is 17.5 Å². The second kappa shape index (κ2) is 4.34. The molecule has 1 aliphatic carbocycles. The molecule has 2 rings (SSSR count). The molecule has 80 valence electrons. The Bertz CT molecular complexity index is 370. The number of oxime groups is 1. The first-order valence-electron chi connectivity index (χ1n) is 5.22. The van der Waals surface area contributed by atoms with Gasteiger partial charge in [-0.25, -0.2) is 0 Å². The Morgan fingerprint density at radius 3 is 2.87 bits per heavy atom. The number of rotatable bonds is 4. The van der Waals surface area contributed by atoms with E-state index in [9.17, 15) is 0 Å². The lowest BCUT2D eigenvalue weighted by Crippen LogP contribution is -2.04. The van der Waals surface area contributed by atoms with Gasteiger partial charge in [0.1, 0.15) is 5.75 Å². The van der Waals surface area contributed by atoms with Crippen molar-refractivity contribution in [3.8, 4) is 5.75 Å². The predicted octanol–water partition coefficient (Wildman–Crippen LogP) is 2.67. The van der Waals surface area contributed by atoms with Gasteiger partial charge in [-0.05, 0) is 37.8 Å². The second-order valence-corrected chi connectivity index (χ2v) is 3.94. The second-order valence-electron chi connectivity index (χ2n) is 3.94. The lowest BCUT2D eigenvalue weighted by molar-refractivity contribution is 0.297. The molecule has 1 aromatic rings. The van der Waals surface area contributed by atoms with E-state index in [0.29, 0.717) is 5.71 Å². The average molecular weight is 205 g/mol.